The minimum atomic E-state index is -0.414. The molecule has 0 aromatic heterocycles. The Bertz CT molecular complexity index is 888. The minimum absolute atomic E-state index is 0.239. The van der Waals surface area contributed by atoms with Gasteiger partial charge in [0, 0.05) is 14.5 Å². The Labute approximate surface area is 155 Å². The second-order valence-electron chi connectivity index (χ2n) is 7.51. The van der Waals surface area contributed by atoms with Crippen molar-refractivity contribution in [3.63, 3.8) is 0 Å². The first-order valence-corrected chi connectivity index (χ1v) is 9.12. The summed E-state index contributed by atoms with van der Waals surface area (Å²) in [5.74, 6) is -0.775. The highest BCUT2D eigenvalue weighted by Gasteiger charge is 2.53. The van der Waals surface area contributed by atoms with Gasteiger partial charge in [-0.25, -0.2) is 0 Å². The molecule has 0 saturated heterocycles. The molecule has 24 heavy (non-hydrogen) atoms. The van der Waals surface area contributed by atoms with Crippen molar-refractivity contribution in [2.75, 3.05) is 4.90 Å². The number of hydrogen-bond donors (Lipinski definition) is 0. The highest BCUT2D eigenvalue weighted by molar-refractivity contribution is 14.1. The smallest absolute Gasteiger partial charge is 0.299 e. The summed E-state index contributed by atoms with van der Waals surface area (Å²) >= 11 is 2.23. The van der Waals surface area contributed by atoms with Gasteiger partial charge in [0.15, 0.2) is 0 Å². The maximum Gasteiger partial charge on any atom is 0.299 e. The van der Waals surface area contributed by atoms with E-state index in [1.807, 2.05) is 24.3 Å². The van der Waals surface area contributed by atoms with Gasteiger partial charge in [-0.05, 0) is 66.1 Å². The van der Waals surface area contributed by atoms with Crippen LogP contribution >= 0.6 is 22.6 Å². The third kappa shape index (κ3) is 1.95. The first-order valence-electron chi connectivity index (χ1n) is 8.04. The highest BCUT2D eigenvalue weighted by atomic mass is 127. The minimum Gasteiger partial charge on any atom is -0.299 e. The van der Waals surface area contributed by atoms with E-state index in [4.69, 9.17) is 0 Å². The fraction of sp³-hybridized carbons (Fsp3) is 0.300. The molecule has 0 radical (unpaired) electrons. The van der Waals surface area contributed by atoms with Crippen LogP contribution < -0.4 is 4.90 Å². The Morgan fingerprint density at radius 3 is 2.38 bits per heavy atom. The van der Waals surface area contributed by atoms with Crippen molar-refractivity contribution >= 4 is 40.0 Å². The number of benzene rings is 2. The summed E-state index contributed by atoms with van der Waals surface area (Å²) in [6, 6.07) is 14.3. The van der Waals surface area contributed by atoms with Crippen LogP contribution in [0.25, 0.3) is 0 Å². The third-order valence-corrected chi connectivity index (χ3v) is 5.96. The first-order chi connectivity index (χ1) is 11.3. The first kappa shape index (κ1) is 15.8. The largest absolute Gasteiger partial charge is 0.299 e. The molecule has 1 amide bonds. The van der Waals surface area contributed by atoms with Crippen LogP contribution in [0.3, 0.4) is 0 Å². The van der Waals surface area contributed by atoms with E-state index in [2.05, 4.69) is 61.6 Å². The summed E-state index contributed by atoms with van der Waals surface area (Å²) in [7, 11) is 0. The highest BCUT2D eigenvalue weighted by Crippen LogP contribution is 2.54. The van der Waals surface area contributed by atoms with E-state index in [9.17, 15) is 9.59 Å². The van der Waals surface area contributed by atoms with Gasteiger partial charge in [0.25, 0.3) is 11.7 Å². The lowest BCUT2D eigenvalue weighted by Crippen LogP contribution is -2.54. The molecular weight excluding hydrogens is 413 g/mol. The van der Waals surface area contributed by atoms with Crippen LogP contribution in [0.15, 0.2) is 42.5 Å². The van der Waals surface area contributed by atoms with E-state index < -0.39 is 11.4 Å². The van der Waals surface area contributed by atoms with Crippen molar-refractivity contribution in [2.24, 2.45) is 0 Å². The zero-order valence-electron chi connectivity index (χ0n) is 13.9. The molecule has 4 rings (SSSR count). The van der Waals surface area contributed by atoms with Crippen molar-refractivity contribution in [1.29, 1.82) is 0 Å². The standard InChI is InChI=1S/C20H18INO2/c1-19(2)11-20(3,12-7-5-4-6-8-12)15-10-13(21)9-14-16(15)22(19)18(24)17(14)23/h4-10H,11H2,1-3H3. The predicted octanol–water partition coefficient (Wildman–Crippen LogP) is 4.31. The molecule has 1 atom stereocenters. The maximum absolute atomic E-state index is 12.6. The van der Waals surface area contributed by atoms with Gasteiger partial charge < -0.3 is 0 Å². The van der Waals surface area contributed by atoms with Gasteiger partial charge in [0.05, 0.1) is 11.3 Å². The summed E-state index contributed by atoms with van der Waals surface area (Å²) in [6.07, 6.45) is 0.773. The van der Waals surface area contributed by atoms with Gasteiger partial charge in [-0.15, -0.1) is 0 Å². The number of rotatable bonds is 1. The summed E-state index contributed by atoms with van der Waals surface area (Å²) in [4.78, 5) is 26.9. The molecule has 2 aliphatic rings. The number of ketones is 1. The van der Waals surface area contributed by atoms with Crippen molar-refractivity contribution in [1.82, 2.24) is 0 Å². The van der Waals surface area contributed by atoms with E-state index in [1.165, 1.54) is 5.56 Å². The van der Waals surface area contributed by atoms with Gasteiger partial charge in [-0.2, -0.15) is 0 Å². The quantitative estimate of drug-likeness (QED) is 0.499. The number of carbonyl (C=O) groups is 2. The lowest BCUT2D eigenvalue weighted by atomic mass is 9.65. The molecular formula is C20H18INO2. The van der Waals surface area contributed by atoms with Crippen molar-refractivity contribution in [3.05, 3.63) is 62.7 Å². The summed E-state index contributed by atoms with van der Waals surface area (Å²) in [6.45, 7) is 6.32. The third-order valence-electron chi connectivity index (χ3n) is 5.34. The van der Waals surface area contributed by atoms with E-state index in [-0.39, 0.29) is 11.2 Å². The number of Topliss-reactive ketones (excluding diaryl/α,β-unsaturated/α-hetero) is 1. The molecule has 0 spiro atoms. The van der Waals surface area contributed by atoms with E-state index in [0.29, 0.717) is 5.56 Å². The van der Waals surface area contributed by atoms with E-state index in [1.54, 1.807) is 4.90 Å². The lowest BCUT2D eigenvalue weighted by Gasteiger charge is -2.49. The van der Waals surface area contributed by atoms with E-state index >= 15 is 0 Å². The summed E-state index contributed by atoms with van der Waals surface area (Å²) < 4.78 is 0.992. The van der Waals surface area contributed by atoms with Crippen molar-refractivity contribution < 1.29 is 9.59 Å². The van der Waals surface area contributed by atoms with Crippen LogP contribution in [0.4, 0.5) is 5.69 Å². The molecule has 2 aliphatic heterocycles. The second-order valence-corrected chi connectivity index (χ2v) is 8.75. The molecule has 0 fully saturated rings. The van der Waals surface area contributed by atoms with Gasteiger partial charge in [0.2, 0.25) is 0 Å². The van der Waals surface area contributed by atoms with Crippen molar-refractivity contribution in [3.8, 4) is 0 Å². The van der Waals surface area contributed by atoms with Gasteiger partial charge >= 0.3 is 0 Å². The van der Waals surface area contributed by atoms with Gasteiger partial charge in [-0.3, -0.25) is 14.5 Å². The molecule has 0 aliphatic carbocycles. The Balaban J connectivity index is 2.08. The lowest BCUT2D eigenvalue weighted by molar-refractivity contribution is -0.115. The molecule has 122 valence electrons. The second kappa shape index (κ2) is 4.91. The molecule has 0 N–H and O–H groups in total. The molecule has 0 saturated carbocycles. The van der Waals surface area contributed by atoms with Crippen LogP contribution in [-0.2, 0) is 10.2 Å². The normalized spacial score (nSPS) is 24.2. The molecule has 2 heterocycles. The van der Waals surface area contributed by atoms with Crippen LogP contribution in [0.5, 0.6) is 0 Å². The Morgan fingerprint density at radius 2 is 1.71 bits per heavy atom. The average molecular weight is 431 g/mol. The monoisotopic (exact) mass is 431 g/mol. The molecule has 4 heteroatoms. The number of halogens is 1. The Hall–Kier alpha value is -1.69. The number of carbonyl (C=O) groups excluding carboxylic acids is 2. The number of nitrogens with zero attached hydrogens (tertiary/aromatic N) is 1. The zero-order valence-corrected chi connectivity index (χ0v) is 16.0. The van der Waals surface area contributed by atoms with Gasteiger partial charge in [0.1, 0.15) is 0 Å². The predicted molar refractivity (Wildman–Crippen MR) is 103 cm³/mol. The summed E-state index contributed by atoms with van der Waals surface area (Å²) in [5.41, 5.74) is 3.01. The maximum atomic E-state index is 12.6. The fourth-order valence-corrected chi connectivity index (χ4v) is 5.06. The number of amides is 1. The number of hydrogen-bond acceptors (Lipinski definition) is 2. The molecule has 3 nitrogen and oxygen atoms in total. The topological polar surface area (TPSA) is 37.4 Å². The van der Waals surface area contributed by atoms with Gasteiger partial charge in [-0.1, -0.05) is 37.3 Å². The number of anilines is 1. The molecule has 2 aromatic carbocycles. The Morgan fingerprint density at radius 1 is 1.04 bits per heavy atom. The van der Waals surface area contributed by atoms with Crippen molar-refractivity contribution in [2.45, 2.75) is 38.1 Å². The molecule has 2 aromatic rings. The SMILES string of the molecule is CC1(c2ccccc2)CC(C)(C)N2C(=O)C(=O)c3cc(I)cc1c32. The molecule has 1 unspecified atom stereocenters. The van der Waals surface area contributed by atoms with Crippen LogP contribution in [0.2, 0.25) is 0 Å². The van der Waals surface area contributed by atoms with E-state index in [0.717, 1.165) is 21.2 Å². The summed E-state index contributed by atoms with van der Waals surface area (Å²) in [5, 5.41) is 0. The average Bonchev–Trinajstić information content (AvgIpc) is 2.79. The zero-order chi connectivity index (χ0) is 17.3. The fourth-order valence-electron chi connectivity index (χ4n) is 4.43. The van der Waals surface area contributed by atoms with Crippen LogP contribution in [-0.4, -0.2) is 17.2 Å². The van der Waals surface area contributed by atoms with Crippen LogP contribution in [0, 0.1) is 3.57 Å². The Kier molecular flexibility index (Phi) is 3.24. The van der Waals surface area contributed by atoms with Crippen LogP contribution in [0.1, 0.15) is 48.7 Å². The molecule has 0 bridgehead atoms.